The number of aliphatic hydroxyl groups excluding tert-OH is 1. The number of allylic oxidation sites excluding steroid dienone is 2. The maximum Gasteiger partial charge on any atom is 0.165 e. The van der Waals surface area contributed by atoms with Crippen LogP contribution in [0.25, 0.3) is 0 Å². The van der Waals surface area contributed by atoms with Gasteiger partial charge in [-0.15, -0.1) is 0 Å². The van der Waals surface area contributed by atoms with Crippen molar-refractivity contribution in [2.75, 3.05) is 0 Å². The summed E-state index contributed by atoms with van der Waals surface area (Å²) in [6, 6.07) is 0. The lowest BCUT2D eigenvalue weighted by Gasteiger charge is -2.58. The quantitative estimate of drug-likeness (QED) is 0.454. The fourth-order valence-corrected chi connectivity index (χ4v) is 8.81. The van der Waals surface area contributed by atoms with Crippen LogP contribution in [-0.2, 0) is 4.79 Å². The Morgan fingerprint density at radius 1 is 1.06 bits per heavy atom. The van der Waals surface area contributed by atoms with E-state index in [0.29, 0.717) is 24.2 Å². The van der Waals surface area contributed by atoms with Gasteiger partial charge in [-0.1, -0.05) is 72.5 Å². The van der Waals surface area contributed by atoms with Crippen LogP contribution >= 0.6 is 0 Å². The van der Waals surface area contributed by atoms with E-state index in [-0.39, 0.29) is 11.2 Å². The summed E-state index contributed by atoms with van der Waals surface area (Å²) in [5.41, 5.74) is 1.90. The second-order valence-electron chi connectivity index (χ2n) is 13.0. The first-order valence-corrected chi connectivity index (χ1v) is 13.5. The topological polar surface area (TPSA) is 37.3 Å². The van der Waals surface area contributed by atoms with Gasteiger partial charge < -0.3 is 5.11 Å². The van der Waals surface area contributed by atoms with E-state index in [9.17, 15) is 9.90 Å². The molecule has 0 amide bonds. The van der Waals surface area contributed by atoms with Gasteiger partial charge in [0.25, 0.3) is 0 Å². The van der Waals surface area contributed by atoms with Crippen LogP contribution in [0, 0.1) is 52.3 Å². The van der Waals surface area contributed by atoms with Gasteiger partial charge in [-0.2, -0.15) is 0 Å². The summed E-state index contributed by atoms with van der Waals surface area (Å²) in [6.45, 7) is 14.7. The first kappa shape index (κ1) is 23.5. The van der Waals surface area contributed by atoms with Crippen molar-refractivity contribution in [1.29, 1.82) is 0 Å². The highest BCUT2D eigenvalue weighted by Gasteiger charge is 2.59. The zero-order valence-electron chi connectivity index (χ0n) is 21.1. The van der Waals surface area contributed by atoms with Crippen molar-refractivity contribution in [3.8, 4) is 0 Å². The Hall–Kier alpha value is -0.630. The Kier molecular flexibility index (Phi) is 6.54. The minimum Gasteiger partial charge on any atom is -0.385 e. The molecular weight excluding hydrogens is 380 g/mol. The molecule has 1 unspecified atom stereocenters. The van der Waals surface area contributed by atoms with Crippen molar-refractivity contribution in [2.24, 2.45) is 52.3 Å². The lowest BCUT2D eigenvalue weighted by Crippen LogP contribution is -2.52. The van der Waals surface area contributed by atoms with Crippen molar-refractivity contribution < 1.29 is 9.90 Å². The predicted molar refractivity (Wildman–Crippen MR) is 129 cm³/mol. The van der Waals surface area contributed by atoms with E-state index in [1.807, 2.05) is 0 Å². The summed E-state index contributed by atoms with van der Waals surface area (Å²) >= 11 is 0. The molecule has 2 heteroatoms. The molecule has 3 saturated carbocycles. The van der Waals surface area contributed by atoms with Crippen LogP contribution in [0.1, 0.15) is 106 Å². The van der Waals surface area contributed by atoms with Gasteiger partial charge in [-0.3, -0.25) is 4.79 Å². The third-order valence-electron chi connectivity index (χ3n) is 11.2. The Morgan fingerprint density at radius 3 is 2.52 bits per heavy atom. The van der Waals surface area contributed by atoms with E-state index in [1.165, 1.54) is 56.9 Å². The molecule has 2 nitrogen and oxygen atoms in total. The first-order valence-electron chi connectivity index (χ1n) is 13.5. The molecule has 0 aromatic rings. The van der Waals surface area contributed by atoms with E-state index < -0.39 is 6.10 Å². The molecular formula is C29H48O2. The van der Waals surface area contributed by atoms with Crippen molar-refractivity contribution in [1.82, 2.24) is 0 Å². The zero-order valence-corrected chi connectivity index (χ0v) is 21.1. The highest BCUT2D eigenvalue weighted by atomic mass is 16.3. The number of fused-ring (bicyclic) bond motifs is 5. The van der Waals surface area contributed by atoms with Gasteiger partial charge in [0.1, 0.15) is 6.10 Å². The summed E-state index contributed by atoms with van der Waals surface area (Å²) in [5.74, 6) is 5.66. The highest BCUT2D eigenvalue weighted by Crippen LogP contribution is 2.67. The van der Waals surface area contributed by atoms with Crippen molar-refractivity contribution in [3.63, 3.8) is 0 Å². The molecule has 0 aliphatic heterocycles. The fourth-order valence-electron chi connectivity index (χ4n) is 8.81. The molecule has 31 heavy (non-hydrogen) atoms. The molecule has 0 saturated heterocycles. The van der Waals surface area contributed by atoms with Crippen molar-refractivity contribution >= 4 is 5.78 Å². The van der Waals surface area contributed by atoms with Crippen LogP contribution in [0.15, 0.2) is 11.6 Å². The lowest BCUT2D eigenvalue weighted by molar-refractivity contribution is -0.134. The molecule has 0 aromatic heterocycles. The van der Waals surface area contributed by atoms with E-state index >= 15 is 0 Å². The number of aliphatic hydroxyl groups is 1. The van der Waals surface area contributed by atoms with Gasteiger partial charge in [0.05, 0.1) is 0 Å². The smallest absolute Gasteiger partial charge is 0.165 e. The summed E-state index contributed by atoms with van der Waals surface area (Å²) in [7, 11) is 0. The van der Waals surface area contributed by atoms with E-state index in [2.05, 4.69) is 47.6 Å². The fraction of sp³-hybridized carbons (Fsp3) is 0.897. The monoisotopic (exact) mass is 428 g/mol. The van der Waals surface area contributed by atoms with Crippen LogP contribution in [-0.4, -0.2) is 17.0 Å². The molecule has 1 N–H and O–H groups in total. The average molecular weight is 429 g/mol. The molecule has 3 fully saturated rings. The molecule has 9 atom stereocenters. The predicted octanol–water partition coefficient (Wildman–Crippen LogP) is 7.20. The molecule has 4 aliphatic rings. The average Bonchev–Trinajstić information content (AvgIpc) is 3.06. The van der Waals surface area contributed by atoms with Crippen LogP contribution in [0.2, 0.25) is 0 Å². The van der Waals surface area contributed by atoms with Crippen molar-refractivity contribution in [3.05, 3.63) is 11.6 Å². The van der Waals surface area contributed by atoms with E-state index in [4.69, 9.17) is 0 Å². The number of Topliss-reactive ketones (excluding diaryl/α,β-unsaturated/α-hetero) is 1. The summed E-state index contributed by atoms with van der Waals surface area (Å²) in [4.78, 5) is 12.2. The van der Waals surface area contributed by atoms with Gasteiger partial charge in [0.15, 0.2) is 5.78 Å². The number of ketones is 1. The molecule has 0 spiro atoms. The minimum absolute atomic E-state index is 0.0457. The van der Waals surface area contributed by atoms with E-state index in [0.717, 1.165) is 35.5 Å². The minimum atomic E-state index is -0.737. The number of carbonyl (C=O) groups excluding carboxylic acids is 1. The maximum absolute atomic E-state index is 12.2. The molecule has 0 radical (unpaired) electrons. The van der Waals surface area contributed by atoms with Gasteiger partial charge in [-0.05, 0) is 90.8 Å². The second-order valence-corrected chi connectivity index (χ2v) is 13.0. The van der Waals surface area contributed by atoms with Gasteiger partial charge >= 0.3 is 0 Å². The number of hydrogen-bond acceptors (Lipinski definition) is 2. The number of rotatable bonds is 6. The van der Waals surface area contributed by atoms with E-state index in [1.54, 1.807) is 0 Å². The normalized spacial score (nSPS) is 44.3. The maximum atomic E-state index is 12.2. The Balaban J connectivity index is 1.46. The van der Waals surface area contributed by atoms with Crippen LogP contribution in [0.3, 0.4) is 0 Å². The second kappa shape index (κ2) is 8.62. The number of carbonyl (C=O) groups is 1. The summed E-state index contributed by atoms with van der Waals surface area (Å²) in [6.07, 6.45) is 13.7. The molecule has 4 rings (SSSR count). The lowest BCUT2D eigenvalue weighted by atomic mass is 9.47. The van der Waals surface area contributed by atoms with Crippen LogP contribution < -0.4 is 0 Å². The van der Waals surface area contributed by atoms with Crippen LogP contribution in [0.4, 0.5) is 0 Å². The SMILES string of the molecule is CC(C)C(C)CCC[C@@H](C)[C@H]1CC[C@H]2[C@@H]3CC=C4CC(=O)[C@@H](O)C[C@]4(C)[C@H]3CC[C@]12C. The molecule has 0 bridgehead atoms. The molecule has 0 heterocycles. The largest absolute Gasteiger partial charge is 0.385 e. The Labute approximate surface area is 191 Å². The van der Waals surface area contributed by atoms with Gasteiger partial charge in [0, 0.05) is 6.42 Å². The summed E-state index contributed by atoms with van der Waals surface area (Å²) < 4.78 is 0. The molecule has 4 aliphatic carbocycles. The van der Waals surface area contributed by atoms with Gasteiger partial charge in [-0.25, -0.2) is 0 Å². The first-order chi connectivity index (χ1) is 14.6. The van der Waals surface area contributed by atoms with Gasteiger partial charge in [0.2, 0.25) is 0 Å². The van der Waals surface area contributed by atoms with Crippen molar-refractivity contribution in [2.45, 2.75) is 112 Å². The standard InChI is InChI=1S/C29H48O2/c1-18(2)19(3)8-7-9-20(4)23-12-13-24-22-11-10-21-16-26(30)27(31)17-29(21,6)25(22)14-15-28(23,24)5/h10,18-20,22-25,27,31H,7-9,11-17H2,1-6H3/t19?,20-,22+,23-,24+,25+,27+,28-,29+/m1/s1. The van der Waals surface area contributed by atoms with Crippen LogP contribution in [0.5, 0.6) is 0 Å². The summed E-state index contributed by atoms with van der Waals surface area (Å²) in [5, 5.41) is 10.4. The number of hydrogen-bond donors (Lipinski definition) is 1. The third-order valence-corrected chi connectivity index (χ3v) is 11.2. The third kappa shape index (κ3) is 3.98. The Morgan fingerprint density at radius 2 is 1.81 bits per heavy atom. The highest BCUT2D eigenvalue weighted by molar-refractivity contribution is 5.86. The zero-order chi connectivity index (χ0) is 22.6. The molecule has 176 valence electrons. The molecule has 0 aromatic carbocycles. The Bertz CT molecular complexity index is 708.